The zero-order valence-corrected chi connectivity index (χ0v) is 12.9. The van der Waals surface area contributed by atoms with Crippen molar-refractivity contribution in [1.29, 1.82) is 0 Å². The second-order valence-electron chi connectivity index (χ2n) is 4.76. The van der Waals surface area contributed by atoms with E-state index < -0.39 is 0 Å². The number of thiophene rings is 1. The summed E-state index contributed by atoms with van der Waals surface area (Å²) >= 11 is 1.63. The van der Waals surface area contributed by atoms with Crippen LogP contribution in [0.4, 0.5) is 11.8 Å². The molecule has 0 bridgehead atoms. The van der Waals surface area contributed by atoms with Gasteiger partial charge in [-0.05, 0) is 23.9 Å². The summed E-state index contributed by atoms with van der Waals surface area (Å²) in [5, 5.41) is 13.9. The van der Waals surface area contributed by atoms with Gasteiger partial charge in [0.25, 0.3) is 0 Å². The largest absolute Gasteiger partial charge is 0.364 e. The third-order valence-electron chi connectivity index (χ3n) is 3.22. The lowest BCUT2D eigenvalue weighted by atomic mass is 10.3. The zero-order chi connectivity index (χ0) is 14.7. The van der Waals surface area contributed by atoms with Gasteiger partial charge in [-0.3, -0.25) is 4.68 Å². The van der Waals surface area contributed by atoms with E-state index in [0.29, 0.717) is 12.5 Å². The van der Waals surface area contributed by atoms with Crippen LogP contribution in [0.1, 0.15) is 19.0 Å². The maximum absolute atomic E-state index is 4.58. The molecule has 0 atom stereocenters. The molecule has 0 aliphatic rings. The Balaban J connectivity index is 1.85. The number of fused-ring (bicyclic) bond motifs is 1. The first-order valence-electron chi connectivity index (χ1n) is 6.98. The molecule has 0 fully saturated rings. The topological polar surface area (TPSA) is 67.7 Å². The van der Waals surface area contributed by atoms with Gasteiger partial charge >= 0.3 is 0 Å². The molecule has 3 aromatic heterocycles. The molecule has 0 radical (unpaired) electrons. The summed E-state index contributed by atoms with van der Waals surface area (Å²) < 4.78 is 1.86. The van der Waals surface area contributed by atoms with Crippen molar-refractivity contribution in [3.63, 3.8) is 0 Å². The number of rotatable bonds is 6. The first kappa shape index (κ1) is 13.8. The summed E-state index contributed by atoms with van der Waals surface area (Å²) in [6, 6.07) is 4.05. The van der Waals surface area contributed by atoms with Crippen LogP contribution in [0.3, 0.4) is 0 Å². The van der Waals surface area contributed by atoms with E-state index in [-0.39, 0.29) is 0 Å². The Kier molecular flexibility index (Phi) is 4.01. The summed E-state index contributed by atoms with van der Waals surface area (Å²) in [6.45, 7) is 3.68. The van der Waals surface area contributed by atoms with E-state index in [2.05, 4.69) is 38.7 Å². The summed E-state index contributed by atoms with van der Waals surface area (Å²) in [4.78, 5) is 10.1. The molecule has 0 aliphatic heterocycles. The van der Waals surface area contributed by atoms with Crippen LogP contribution in [0.15, 0.2) is 23.7 Å². The standard InChI is InChI=1S/C14H18N6S/c1-3-6-15-14-18-12(11-5-8-21-13(11)19-14)16-9-10-4-7-17-20(10)2/h4-5,7-8H,3,6,9H2,1-2H3,(H2,15,16,18,19). The van der Waals surface area contributed by atoms with E-state index in [0.717, 1.165) is 34.7 Å². The predicted octanol–water partition coefficient (Wildman–Crippen LogP) is 2.86. The smallest absolute Gasteiger partial charge is 0.226 e. The fraction of sp³-hybridized carbons (Fsp3) is 0.357. The van der Waals surface area contributed by atoms with Gasteiger partial charge in [-0.25, -0.2) is 4.98 Å². The van der Waals surface area contributed by atoms with Crippen molar-refractivity contribution in [2.24, 2.45) is 7.05 Å². The van der Waals surface area contributed by atoms with Crippen LogP contribution in [0.5, 0.6) is 0 Å². The number of nitrogens with one attached hydrogen (secondary N) is 2. The Morgan fingerprint density at radius 3 is 2.90 bits per heavy atom. The fourth-order valence-electron chi connectivity index (χ4n) is 2.06. The highest BCUT2D eigenvalue weighted by Crippen LogP contribution is 2.26. The summed E-state index contributed by atoms with van der Waals surface area (Å²) in [7, 11) is 1.94. The SMILES string of the molecule is CCCNc1nc(NCc2ccnn2C)c2ccsc2n1. The van der Waals surface area contributed by atoms with E-state index in [9.17, 15) is 0 Å². The van der Waals surface area contributed by atoms with Crippen molar-refractivity contribution in [2.75, 3.05) is 17.2 Å². The molecule has 0 unspecified atom stereocenters. The van der Waals surface area contributed by atoms with Gasteiger partial charge in [-0.1, -0.05) is 6.92 Å². The molecular formula is C14H18N6S. The van der Waals surface area contributed by atoms with E-state index >= 15 is 0 Å². The maximum atomic E-state index is 4.58. The number of aryl methyl sites for hydroxylation is 1. The van der Waals surface area contributed by atoms with Crippen molar-refractivity contribution in [3.8, 4) is 0 Å². The molecule has 3 rings (SSSR count). The highest BCUT2D eigenvalue weighted by molar-refractivity contribution is 7.16. The highest BCUT2D eigenvalue weighted by atomic mass is 32.1. The quantitative estimate of drug-likeness (QED) is 0.733. The van der Waals surface area contributed by atoms with Gasteiger partial charge in [0.15, 0.2) is 0 Å². The van der Waals surface area contributed by atoms with Gasteiger partial charge in [0.05, 0.1) is 17.6 Å². The van der Waals surface area contributed by atoms with E-state index in [4.69, 9.17) is 0 Å². The van der Waals surface area contributed by atoms with Crippen LogP contribution in [-0.4, -0.2) is 26.3 Å². The predicted molar refractivity (Wildman–Crippen MR) is 86.7 cm³/mol. The second-order valence-corrected chi connectivity index (χ2v) is 5.66. The molecule has 3 heterocycles. The van der Waals surface area contributed by atoms with Crippen molar-refractivity contribution in [3.05, 3.63) is 29.4 Å². The fourth-order valence-corrected chi connectivity index (χ4v) is 2.82. The molecule has 0 aliphatic carbocycles. The summed E-state index contributed by atoms with van der Waals surface area (Å²) in [5.74, 6) is 1.54. The van der Waals surface area contributed by atoms with Crippen LogP contribution < -0.4 is 10.6 Å². The minimum Gasteiger partial charge on any atom is -0.364 e. The van der Waals surface area contributed by atoms with Crippen molar-refractivity contribution < 1.29 is 0 Å². The molecule has 2 N–H and O–H groups in total. The third-order valence-corrected chi connectivity index (χ3v) is 4.02. The van der Waals surface area contributed by atoms with Gasteiger partial charge in [0, 0.05) is 19.8 Å². The van der Waals surface area contributed by atoms with E-state index in [1.807, 2.05) is 23.2 Å². The lowest BCUT2D eigenvalue weighted by Gasteiger charge is -2.10. The van der Waals surface area contributed by atoms with E-state index in [1.165, 1.54) is 0 Å². The van der Waals surface area contributed by atoms with E-state index in [1.54, 1.807) is 17.5 Å². The Morgan fingerprint density at radius 2 is 2.14 bits per heavy atom. The molecule has 0 saturated heterocycles. The number of hydrogen-bond acceptors (Lipinski definition) is 6. The molecule has 0 aromatic carbocycles. The highest BCUT2D eigenvalue weighted by Gasteiger charge is 2.09. The van der Waals surface area contributed by atoms with Crippen molar-refractivity contribution in [2.45, 2.75) is 19.9 Å². The Morgan fingerprint density at radius 1 is 1.24 bits per heavy atom. The molecule has 110 valence electrons. The van der Waals surface area contributed by atoms with Crippen LogP contribution >= 0.6 is 11.3 Å². The molecular weight excluding hydrogens is 284 g/mol. The molecule has 6 nitrogen and oxygen atoms in total. The number of hydrogen-bond donors (Lipinski definition) is 2. The lowest BCUT2D eigenvalue weighted by molar-refractivity contribution is 0.720. The minimum atomic E-state index is 0.680. The Labute approximate surface area is 127 Å². The molecule has 7 heteroatoms. The lowest BCUT2D eigenvalue weighted by Crippen LogP contribution is -2.09. The number of anilines is 2. The monoisotopic (exact) mass is 302 g/mol. The molecule has 0 saturated carbocycles. The van der Waals surface area contributed by atoms with Crippen LogP contribution in [0.25, 0.3) is 10.2 Å². The van der Waals surface area contributed by atoms with Gasteiger partial charge in [0.2, 0.25) is 5.95 Å². The van der Waals surface area contributed by atoms with Gasteiger partial charge in [0.1, 0.15) is 10.6 Å². The number of nitrogens with zero attached hydrogens (tertiary/aromatic N) is 4. The van der Waals surface area contributed by atoms with Gasteiger partial charge in [-0.15, -0.1) is 11.3 Å². The van der Waals surface area contributed by atoms with Crippen LogP contribution in [0, 0.1) is 0 Å². The average Bonchev–Trinajstić information content (AvgIpc) is 3.11. The Hall–Kier alpha value is -2.15. The third kappa shape index (κ3) is 2.97. The normalized spacial score (nSPS) is 11.0. The van der Waals surface area contributed by atoms with Crippen LogP contribution in [-0.2, 0) is 13.6 Å². The molecule has 0 amide bonds. The number of aromatic nitrogens is 4. The average molecular weight is 302 g/mol. The van der Waals surface area contributed by atoms with Crippen molar-refractivity contribution >= 4 is 33.3 Å². The zero-order valence-electron chi connectivity index (χ0n) is 12.1. The minimum absolute atomic E-state index is 0.680. The maximum Gasteiger partial charge on any atom is 0.226 e. The molecule has 3 aromatic rings. The molecule has 0 spiro atoms. The summed E-state index contributed by atoms with van der Waals surface area (Å²) in [6.07, 6.45) is 2.84. The summed E-state index contributed by atoms with van der Waals surface area (Å²) in [5.41, 5.74) is 1.11. The first-order valence-corrected chi connectivity index (χ1v) is 7.85. The van der Waals surface area contributed by atoms with Gasteiger partial charge in [-0.2, -0.15) is 10.1 Å². The molecule has 21 heavy (non-hydrogen) atoms. The first-order chi connectivity index (χ1) is 10.3. The Bertz CT molecular complexity index is 732. The van der Waals surface area contributed by atoms with Gasteiger partial charge < -0.3 is 10.6 Å². The van der Waals surface area contributed by atoms with Crippen LogP contribution in [0.2, 0.25) is 0 Å². The van der Waals surface area contributed by atoms with Crippen molar-refractivity contribution in [1.82, 2.24) is 19.7 Å². The second kappa shape index (κ2) is 6.09.